The number of rotatable bonds is 1. The first kappa shape index (κ1) is 8.35. The van der Waals surface area contributed by atoms with Crippen molar-refractivity contribution < 1.29 is 0 Å². The molecule has 2 aromatic heterocycles. The summed E-state index contributed by atoms with van der Waals surface area (Å²) >= 11 is 0. The molecule has 0 aromatic carbocycles. The van der Waals surface area contributed by atoms with Gasteiger partial charge in [-0.25, -0.2) is 9.97 Å². The molecule has 0 amide bonds. The molecular weight excluding hydrogens is 188 g/mol. The van der Waals surface area contributed by atoms with E-state index in [0.29, 0.717) is 5.95 Å². The van der Waals surface area contributed by atoms with Crippen molar-refractivity contribution in [3.63, 3.8) is 0 Å². The fourth-order valence-corrected chi connectivity index (χ4v) is 1.86. The monoisotopic (exact) mass is 198 g/mol. The molecule has 2 heterocycles. The second-order valence-electron chi connectivity index (χ2n) is 3.51. The van der Waals surface area contributed by atoms with Gasteiger partial charge in [0.2, 0.25) is 5.95 Å². The first-order chi connectivity index (χ1) is 7.38. The Labute approximate surface area is 87.4 Å². The Hall–Kier alpha value is -1.97. The third-order valence-corrected chi connectivity index (χ3v) is 2.58. The maximum absolute atomic E-state index is 4.43. The van der Waals surface area contributed by atoms with Crippen LogP contribution >= 0.6 is 0 Å². The Bertz CT molecular complexity index is 522. The summed E-state index contributed by atoms with van der Waals surface area (Å²) in [7, 11) is 1.82. The lowest BCUT2D eigenvalue weighted by molar-refractivity contribution is 1.11. The lowest BCUT2D eigenvalue weighted by Gasteiger charge is -2.01. The van der Waals surface area contributed by atoms with Crippen molar-refractivity contribution in [3.05, 3.63) is 35.7 Å². The molecule has 3 rings (SSSR count). The zero-order valence-corrected chi connectivity index (χ0v) is 8.36. The third kappa shape index (κ3) is 1.18. The van der Waals surface area contributed by atoms with Gasteiger partial charge in [0.25, 0.3) is 0 Å². The molecule has 15 heavy (non-hydrogen) atoms. The van der Waals surface area contributed by atoms with Gasteiger partial charge in [0, 0.05) is 31.4 Å². The van der Waals surface area contributed by atoms with E-state index in [1.54, 1.807) is 6.20 Å². The zero-order valence-electron chi connectivity index (χ0n) is 8.36. The van der Waals surface area contributed by atoms with Gasteiger partial charge in [0.05, 0.1) is 11.4 Å². The van der Waals surface area contributed by atoms with Crippen molar-refractivity contribution in [1.82, 2.24) is 15.0 Å². The molecule has 0 atom stereocenters. The van der Waals surface area contributed by atoms with Crippen LogP contribution in [0.1, 0.15) is 11.1 Å². The molecule has 4 heteroatoms. The predicted molar refractivity (Wildman–Crippen MR) is 57.6 cm³/mol. The average molecular weight is 198 g/mol. The topological polar surface area (TPSA) is 50.7 Å². The van der Waals surface area contributed by atoms with Crippen LogP contribution < -0.4 is 5.32 Å². The highest BCUT2D eigenvalue weighted by atomic mass is 15.1. The lowest BCUT2D eigenvalue weighted by atomic mass is 10.2. The van der Waals surface area contributed by atoms with Crippen LogP contribution in [0, 0.1) is 0 Å². The number of fused-ring (bicyclic) bond motifs is 3. The van der Waals surface area contributed by atoms with Gasteiger partial charge in [0.1, 0.15) is 0 Å². The molecule has 74 valence electrons. The highest BCUT2D eigenvalue weighted by Crippen LogP contribution is 2.32. The number of hydrogen-bond acceptors (Lipinski definition) is 4. The number of nitrogens with one attached hydrogen (secondary N) is 1. The minimum Gasteiger partial charge on any atom is -0.357 e. The summed E-state index contributed by atoms with van der Waals surface area (Å²) < 4.78 is 0. The van der Waals surface area contributed by atoms with Crippen LogP contribution in [0.4, 0.5) is 5.95 Å². The van der Waals surface area contributed by atoms with Gasteiger partial charge < -0.3 is 5.32 Å². The normalized spacial score (nSPS) is 12.1. The van der Waals surface area contributed by atoms with Crippen molar-refractivity contribution in [1.29, 1.82) is 0 Å². The number of nitrogens with zero attached hydrogens (tertiary/aromatic N) is 3. The Kier molecular flexibility index (Phi) is 1.68. The Balaban J connectivity index is 2.22. The van der Waals surface area contributed by atoms with E-state index in [0.717, 1.165) is 23.4 Å². The van der Waals surface area contributed by atoms with Gasteiger partial charge >= 0.3 is 0 Å². The highest BCUT2D eigenvalue weighted by Gasteiger charge is 2.21. The fourth-order valence-electron chi connectivity index (χ4n) is 1.86. The smallest absolute Gasteiger partial charge is 0.223 e. The molecular formula is C11H10N4. The van der Waals surface area contributed by atoms with E-state index in [1.807, 2.05) is 19.3 Å². The van der Waals surface area contributed by atoms with Crippen molar-refractivity contribution in [2.45, 2.75) is 6.42 Å². The molecule has 0 radical (unpaired) electrons. The lowest BCUT2D eigenvalue weighted by Crippen LogP contribution is -1.98. The highest BCUT2D eigenvalue weighted by molar-refractivity contribution is 5.70. The van der Waals surface area contributed by atoms with Gasteiger partial charge in [-0.3, -0.25) is 4.98 Å². The Morgan fingerprint density at radius 3 is 3.00 bits per heavy atom. The fraction of sp³-hybridized carbons (Fsp3) is 0.182. The van der Waals surface area contributed by atoms with Crippen LogP contribution in [0.3, 0.4) is 0 Å². The molecule has 1 aliphatic carbocycles. The summed E-state index contributed by atoms with van der Waals surface area (Å²) in [5.41, 5.74) is 4.34. The van der Waals surface area contributed by atoms with E-state index < -0.39 is 0 Å². The molecule has 0 unspecified atom stereocenters. The van der Waals surface area contributed by atoms with Crippen LogP contribution in [0.15, 0.2) is 24.5 Å². The number of hydrogen-bond donors (Lipinski definition) is 1. The van der Waals surface area contributed by atoms with E-state index in [-0.39, 0.29) is 0 Å². The van der Waals surface area contributed by atoms with E-state index in [4.69, 9.17) is 0 Å². The van der Waals surface area contributed by atoms with E-state index in [9.17, 15) is 0 Å². The van der Waals surface area contributed by atoms with Gasteiger partial charge in [-0.05, 0) is 11.6 Å². The molecule has 0 spiro atoms. The summed E-state index contributed by atoms with van der Waals surface area (Å²) in [6.45, 7) is 0. The molecule has 0 bridgehead atoms. The number of anilines is 1. The Morgan fingerprint density at radius 1 is 1.20 bits per heavy atom. The minimum atomic E-state index is 0.646. The second kappa shape index (κ2) is 3.02. The maximum Gasteiger partial charge on any atom is 0.223 e. The van der Waals surface area contributed by atoms with Gasteiger partial charge in [0.15, 0.2) is 0 Å². The number of pyridine rings is 1. The van der Waals surface area contributed by atoms with Crippen LogP contribution in [0.25, 0.3) is 11.4 Å². The first-order valence-electron chi connectivity index (χ1n) is 4.86. The Morgan fingerprint density at radius 2 is 2.13 bits per heavy atom. The maximum atomic E-state index is 4.43. The summed E-state index contributed by atoms with van der Waals surface area (Å²) in [5.74, 6) is 0.646. The van der Waals surface area contributed by atoms with Crippen LogP contribution in [-0.4, -0.2) is 22.0 Å². The van der Waals surface area contributed by atoms with Gasteiger partial charge in [-0.1, -0.05) is 6.07 Å². The van der Waals surface area contributed by atoms with Gasteiger partial charge in [-0.15, -0.1) is 0 Å². The summed E-state index contributed by atoms with van der Waals surface area (Å²) in [4.78, 5) is 13.0. The van der Waals surface area contributed by atoms with E-state index >= 15 is 0 Å². The molecule has 0 saturated heterocycles. The largest absolute Gasteiger partial charge is 0.357 e. The quantitative estimate of drug-likeness (QED) is 0.643. The van der Waals surface area contributed by atoms with Crippen LogP contribution in [0.2, 0.25) is 0 Å². The summed E-state index contributed by atoms with van der Waals surface area (Å²) in [6.07, 6.45) is 4.56. The standard InChI is InChI=1S/C11H10N4/c1-12-11-14-6-8-5-7-3-2-4-13-9(7)10(8)15-11/h2-4,6H,5H2,1H3,(H,12,14,15). The molecule has 0 saturated carbocycles. The van der Waals surface area contributed by atoms with Crippen molar-refractivity contribution in [2.24, 2.45) is 0 Å². The second-order valence-corrected chi connectivity index (χ2v) is 3.51. The van der Waals surface area contributed by atoms with Crippen molar-refractivity contribution in [2.75, 3.05) is 12.4 Å². The van der Waals surface area contributed by atoms with Gasteiger partial charge in [-0.2, -0.15) is 0 Å². The molecule has 2 aromatic rings. The van der Waals surface area contributed by atoms with Crippen LogP contribution in [0.5, 0.6) is 0 Å². The first-order valence-corrected chi connectivity index (χ1v) is 4.86. The summed E-state index contributed by atoms with van der Waals surface area (Å²) in [6, 6.07) is 4.04. The van der Waals surface area contributed by atoms with Crippen molar-refractivity contribution >= 4 is 5.95 Å². The zero-order chi connectivity index (χ0) is 10.3. The molecule has 1 N–H and O–H groups in total. The van der Waals surface area contributed by atoms with E-state index in [1.165, 1.54) is 5.56 Å². The number of aromatic nitrogens is 3. The average Bonchev–Trinajstić information content (AvgIpc) is 2.66. The molecule has 4 nitrogen and oxygen atoms in total. The van der Waals surface area contributed by atoms with Crippen LogP contribution in [-0.2, 0) is 6.42 Å². The minimum absolute atomic E-state index is 0.646. The molecule has 1 aliphatic rings. The third-order valence-electron chi connectivity index (χ3n) is 2.58. The molecule has 0 fully saturated rings. The SMILES string of the molecule is CNc1ncc2c(n1)-c1ncccc1C2. The molecule has 0 aliphatic heterocycles. The summed E-state index contributed by atoms with van der Waals surface area (Å²) in [5, 5.41) is 2.94. The predicted octanol–water partition coefficient (Wildman–Crippen LogP) is 1.48. The van der Waals surface area contributed by atoms with Crippen molar-refractivity contribution in [3.8, 4) is 11.4 Å². The van der Waals surface area contributed by atoms with E-state index in [2.05, 4.69) is 26.3 Å².